The summed E-state index contributed by atoms with van der Waals surface area (Å²) < 4.78 is 38.5. The van der Waals surface area contributed by atoms with E-state index in [2.05, 4.69) is 15.5 Å². The summed E-state index contributed by atoms with van der Waals surface area (Å²) in [4.78, 5) is 111. The van der Waals surface area contributed by atoms with Gasteiger partial charge in [0.25, 0.3) is 0 Å². The second-order valence-corrected chi connectivity index (χ2v) is 18.6. The van der Waals surface area contributed by atoms with Crippen molar-refractivity contribution in [3.8, 4) is 11.1 Å². The molecule has 0 heterocycles. The van der Waals surface area contributed by atoms with Crippen LogP contribution in [0.5, 0.6) is 0 Å². The zero-order valence-electron chi connectivity index (χ0n) is 47.0. The molecular formula is C53H85N11O15. The van der Waals surface area contributed by atoms with E-state index in [4.69, 9.17) is 44.6 Å². The second-order valence-electron chi connectivity index (χ2n) is 18.6. The molecule has 1 aliphatic rings. The summed E-state index contributed by atoms with van der Waals surface area (Å²) in [6.07, 6.45) is -0.788. The maximum atomic E-state index is 13.0. The smallest absolute Gasteiger partial charge is 0.407 e. The van der Waals surface area contributed by atoms with Gasteiger partial charge in [-0.25, -0.2) is 4.79 Å². The van der Waals surface area contributed by atoms with Crippen LogP contribution in [0.2, 0.25) is 0 Å². The number of ether oxygens (including phenoxy) is 7. The summed E-state index contributed by atoms with van der Waals surface area (Å²) in [6, 6.07) is 15.8. The Bertz CT molecular complexity index is 2160. The molecule has 0 aromatic heterocycles. The Kier molecular flexibility index (Phi) is 32.4. The lowest BCUT2D eigenvalue weighted by atomic mass is 9.98. The summed E-state index contributed by atoms with van der Waals surface area (Å²) >= 11 is 0. The van der Waals surface area contributed by atoms with Gasteiger partial charge in [0, 0.05) is 87.5 Å². The Morgan fingerprint density at radius 1 is 0.430 bits per heavy atom. The molecule has 2 aromatic rings. The molecular weight excluding hydrogens is 1030 g/mol. The number of benzene rings is 2. The predicted octanol–water partition coefficient (Wildman–Crippen LogP) is -2.29. The zero-order valence-corrected chi connectivity index (χ0v) is 47.0. The van der Waals surface area contributed by atoms with E-state index in [1.807, 2.05) is 48.5 Å². The number of carbonyl (C=O) groups is 8. The third-order valence-electron chi connectivity index (χ3n) is 12.4. The number of hydrogen-bond acceptors (Lipinski definition) is 18. The average molecular weight is 1120 g/mol. The molecule has 0 unspecified atom stereocenters. The van der Waals surface area contributed by atoms with Crippen molar-refractivity contribution in [3.63, 3.8) is 0 Å². The quantitative estimate of drug-likeness (QED) is 0.0510. The number of likely N-dealkylation sites (N-methyl/N-ethyl adjacent to an activating group) is 6. The fourth-order valence-electron chi connectivity index (χ4n) is 7.71. The number of amides is 8. The third kappa shape index (κ3) is 26.0. The first kappa shape index (κ1) is 66.9. The summed E-state index contributed by atoms with van der Waals surface area (Å²) in [7, 11) is 8.28. The standard InChI is InChI=1S/C53H85N11O15/c1-58(34-46(65)56-17-21-73-23-25-75-27-29-77-31-32-78-30-28-76-26-24-74-22-20-64(18-15-54)19-16-55)48(67)36-60(3)50(69)38-62(5)52(71)39-63(6)51(70)37-61(4)49(68)35-59(2)47(66)33-57-53(72)79-40-45-43-13-9-7-11-41(43)42-12-8-10-14-44(42)45/h7-14,45H,15-40,54-55H2,1-6H3,(H,56,65)(H,57,72). The van der Waals surface area contributed by atoms with Gasteiger partial charge in [-0.1, -0.05) is 48.5 Å². The first-order valence-electron chi connectivity index (χ1n) is 26.3. The summed E-state index contributed by atoms with van der Waals surface area (Å²) in [5.41, 5.74) is 15.5. The minimum atomic E-state index is -0.788. The van der Waals surface area contributed by atoms with Crippen LogP contribution in [0.1, 0.15) is 17.0 Å². The van der Waals surface area contributed by atoms with Crippen LogP contribution in [0, 0.1) is 0 Å². The van der Waals surface area contributed by atoms with Crippen molar-refractivity contribution in [1.82, 2.24) is 44.9 Å². The molecule has 6 N–H and O–H groups in total. The Balaban J connectivity index is 1.16. The Hall–Kier alpha value is -6.36. The number of carbonyl (C=O) groups excluding carboxylic acids is 8. The van der Waals surface area contributed by atoms with Gasteiger partial charge in [-0.2, -0.15) is 0 Å². The molecule has 79 heavy (non-hydrogen) atoms. The number of rotatable bonds is 41. The Morgan fingerprint density at radius 3 is 1.16 bits per heavy atom. The highest BCUT2D eigenvalue weighted by Crippen LogP contribution is 2.44. The minimum absolute atomic E-state index is 0.0673. The molecule has 26 heteroatoms. The highest BCUT2D eigenvalue weighted by molar-refractivity contribution is 5.92. The maximum Gasteiger partial charge on any atom is 0.407 e. The van der Waals surface area contributed by atoms with Crippen molar-refractivity contribution in [2.24, 2.45) is 11.5 Å². The van der Waals surface area contributed by atoms with Gasteiger partial charge in [0.1, 0.15) is 13.2 Å². The molecule has 8 amide bonds. The molecule has 26 nitrogen and oxygen atoms in total. The van der Waals surface area contributed by atoms with Gasteiger partial charge in [-0.05, 0) is 22.3 Å². The van der Waals surface area contributed by atoms with Crippen LogP contribution in [-0.4, -0.2) is 295 Å². The Labute approximate surface area is 464 Å². The fraction of sp³-hybridized carbons (Fsp3) is 0.623. The van der Waals surface area contributed by atoms with E-state index in [-0.39, 0.29) is 38.8 Å². The lowest BCUT2D eigenvalue weighted by Gasteiger charge is -2.26. The van der Waals surface area contributed by atoms with Gasteiger partial charge in [0.05, 0.1) is 119 Å². The number of hydrogen-bond donors (Lipinski definition) is 4. The van der Waals surface area contributed by atoms with Crippen molar-refractivity contribution in [2.45, 2.75) is 5.92 Å². The molecule has 0 spiro atoms. The molecule has 0 bridgehead atoms. The molecule has 3 rings (SSSR count). The number of nitrogens with two attached hydrogens (primary N) is 2. The van der Waals surface area contributed by atoms with E-state index >= 15 is 0 Å². The van der Waals surface area contributed by atoms with E-state index in [0.29, 0.717) is 85.8 Å². The molecule has 442 valence electrons. The number of fused-ring (bicyclic) bond motifs is 3. The molecule has 2 aromatic carbocycles. The highest BCUT2D eigenvalue weighted by Gasteiger charge is 2.30. The van der Waals surface area contributed by atoms with Gasteiger partial charge in [-0.3, -0.25) is 38.5 Å². The van der Waals surface area contributed by atoms with Crippen LogP contribution in [-0.2, 0) is 66.7 Å². The topological polar surface area (TPSA) is 300 Å². The molecule has 1 aliphatic carbocycles. The minimum Gasteiger partial charge on any atom is -0.449 e. The number of nitrogens with one attached hydrogen (secondary N) is 2. The van der Waals surface area contributed by atoms with Gasteiger partial charge >= 0.3 is 6.09 Å². The molecule has 0 saturated heterocycles. The van der Waals surface area contributed by atoms with Gasteiger partial charge in [0.2, 0.25) is 41.4 Å². The summed E-state index contributed by atoms with van der Waals surface area (Å²) in [6.45, 7) is 6.15. The van der Waals surface area contributed by atoms with E-state index in [1.54, 1.807) is 0 Å². The van der Waals surface area contributed by atoms with Crippen molar-refractivity contribution in [2.75, 3.05) is 213 Å². The zero-order chi connectivity index (χ0) is 58.0. The van der Waals surface area contributed by atoms with Crippen LogP contribution in [0.25, 0.3) is 11.1 Å². The van der Waals surface area contributed by atoms with E-state index in [0.717, 1.165) is 66.4 Å². The molecule has 0 aliphatic heterocycles. The number of alkyl carbamates (subject to hydrolysis) is 1. The second kappa shape index (κ2) is 38.3. The van der Waals surface area contributed by atoms with Crippen LogP contribution < -0.4 is 22.1 Å². The first-order valence-corrected chi connectivity index (χ1v) is 26.3. The van der Waals surface area contributed by atoms with Gasteiger partial charge < -0.3 is 84.7 Å². The normalized spacial score (nSPS) is 11.6. The lowest BCUT2D eigenvalue weighted by Crippen LogP contribution is -2.49. The van der Waals surface area contributed by atoms with Crippen LogP contribution in [0.4, 0.5) is 4.79 Å². The monoisotopic (exact) mass is 1120 g/mol. The van der Waals surface area contributed by atoms with Gasteiger partial charge in [-0.15, -0.1) is 0 Å². The van der Waals surface area contributed by atoms with E-state index in [9.17, 15) is 38.4 Å². The van der Waals surface area contributed by atoms with Crippen molar-refractivity contribution in [3.05, 3.63) is 59.7 Å². The van der Waals surface area contributed by atoms with Gasteiger partial charge in [0.15, 0.2) is 0 Å². The summed E-state index contributed by atoms with van der Waals surface area (Å²) in [5.74, 6) is -3.98. The third-order valence-corrected chi connectivity index (χ3v) is 12.4. The highest BCUT2D eigenvalue weighted by atomic mass is 16.6. The van der Waals surface area contributed by atoms with E-state index in [1.165, 1.54) is 47.2 Å². The maximum absolute atomic E-state index is 13.0. The fourth-order valence-corrected chi connectivity index (χ4v) is 7.71. The average Bonchev–Trinajstić information content (AvgIpc) is 3.77. The Morgan fingerprint density at radius 2 is 0.772 bits per heavy atom. The van der Waals surface area contributed by atoms with Crippen molar-refractivity contribution < 1.29 is 71.5 Å². The largest absolute Gasteiger partial charge is 0.449 e. The molecule has 0 saturated carbocycles. The van der Waals surface area contributed by atoms with Crippen LogP contribution in [0.15, 0.2) is 48.5 Å². The SMILES string of the molecule is CN(CC(=O)NCCOCCOCCOCCOCCOCCOCCN(CCN)CCN)C(=O)CN(C)C(=O)CN(C)C(=O)CN(C)C(=O)CN(C)C(=O)CN(C)C(=O)CNC(=O)OCC1c2ccccc2-c2ccccc21. The van der Waals surface area contributed by atoms with E-state index < -0.39 is 80.2 Å². The molecule has 0 atom stereocenters. The van der Waals surface area contributed by atoms with Crippen molar-refractivity contribution >= 4 is 47.4 Å². The van der Waals surface area contributed by atoms with Crippen LogP contribution in [0.3, 0.4) is 0 Å². The summed E-state index contributed by atoms with van der Waals surface area (Å²) in [5, 5.41) is 5.10. The molecule has 0 fully saturated rings. The number of nitrogens with zero attached hydrogens (tertiary/aromatic N) is 7. The lowest BCUT2D eigenvalue weighted by molar-refractivity contribution is -0.145. The van der Waals surface area contributed by atoms with Crippen LogP contribution >= 0.6 is 0 Å². The first-order chi connectivity index (χ1) is 38.0. The van der Waals surface area contributed by atoms with Crippen molar-refractivity contribution in [1.29, 1.82) is 0 Å². The molecule has 0 radical (unpaired) electrons. The predicted molar refractivity (Wildman–Crippen MR) is 291 cm³/mol.